The summed E-state index contributed by atoms with van der Waals surface area (Å²) in [6, 6.07) is 3.41. The molecular weight excluding hydrogens is 344 g/mol. The Morgan fingerprint density at radius 3 is 2.39 bits per heavy atom. The first-order valence-corrected chi connectivity index (χ1v) is 8.77. The highest BCUT2D eigenvalue weighted by Gasteiger charge is 2.47. The molecule has 0 amide bonds. The molecule has 2 aliphatic rings. The van der Waals surface area contributed by atoms with Gasteiger partial charge in [0.15, 0.2) is 11.5 Å². The third kappa shape index (κ3) is 2.21. The van der Waals surface area contributed by atoms with Crippen molar-refractivity contribution in [3.05, 3.63) is 22.2 Å². The average Bonchev–Trinajstić information content (AvgIpc) is 2.54. The van der Waals surface area contributed by atoms with Gasteiger partial charge in [-0.25, -0.2) is 8.42 Å². The van der Waals surface area contributed by atoms with E-state index in [1.807, 2.05) is 0 Å². The zero-order valence-corrected chi connectivity index (χ0v) is 12.4. The van der Waals surface area contributed by atoms with Gasteiger partial charge in [0.25, 0.3) is 5.79 Å². The highest BCUT2D eigenvalue weighted by Crippen LogP contribution is 2.49. The molecule has 18 heavy (non-hydrogen) atoms. The maximum atomic E-state index is 11.1. The minimum absolute atomic E-state index is 0.237. The van der Waals surface area contributed by atoms with E-state index in [0.717, 1.165) is 19.3 Å². The quantitative estimate of drug-likeness (QED) is 0.766. The standard InChI is InChI=1S/C11H10BrClO4S/c12-8-5-10-9(4-7(8)6-18(13,14)15)16-11(17-10)2-1-3-11/h4-5H,1-3,6H2. The largest absolute Gasteiger partial charge is 0.448 e. The Hall–Kier alpha value is -0.460. The van der Waals surface area contributed by atoms with Crippen molar-refractivity contribution < 1.29 is 17.9 Å². The van der Waals surface area contributed by atoms with Gasteiger partial charge in [-0.1, -0.05) is 15.9 Å². The molecule has 3 rings (SSSR count). The Labute approximate surface area is 118 Å². The van der Waals surface area contributed by atoms with Gasteiger partial charge in [-0.05, 0) is 24.1 Å². The van der Waals surface area contributed by atoms with Crippen LogP contribution in [0.4, 0.5) is 0 Å². The van der Waals surface area contributed by atoms with Crippen molar-refractivity contribution >= 4 is 35.7 Å². The van der Waals surface area contributed by atoms with E-state index in [2.05, 4.69) is 15.9 Å². The number of fused-ring (bicyclic) bond motifs is 1. The molecule has 1 heterocycles. The number of hydrogen-bond acceptors (Lipinski definition) is 4. The second-order valence-corrected chi connectivity index (χ2v) is 8.17. The molecular formula is C11H10BrClO4S. The van der Waals surface area contributed by atoms with Crippen LogP contribution < -0.4 is 9.47 Å². The van der Waals surface area contributed by atoms with Crippen molar-refractivity contribution in [1.29, 1.82) is 0 Å². The predicted octanol–water partition coefficient (Wildman–Crippen LogP) is 3.17. The Kier molecular flexibility index (Phi) is 2.80. The summed E-state index contributed by atoms with van der Waals surface area (Å²) in [7, 11) is 1.67. The summed E-state index contributed by atoms with van der Waals surface area (Å²) in [5, 5.41) is 0. The fourth-order valence-corrected chi connectivity index (χ4v) is 3.74. The van der Waals surface area contributed by atoms with Gasteiger partial charge in [0.1, 0.15) is 0 Å². The van der Waals surface area contributed by atoms with Gasteiger partial charge in [0, 0.05) is 28.0 Å². The molecule has 1 aromatic carbocycles. The van der Waals surface area contributed by atoms with Gasteiger partial charge in [0.05, 0.1) is 5.75 Å². The zero-order chi connectivity index (χ0) is 13.0. The highest BCUT2D eigenvalue weighted by atomic mass is 79.9. The summed E-state index contributed by atoms with van der Waals surface area (Å²) in [6.07, 6.45) is 2.81. The lowest BCUT2D eigenvalue weighted by molar-refractivity contribution is -0.138. The maximum Gasteiger partial charge on any atom is 0.251 e. The van der Waals surface area contributed by atoms with E-state index >= 15 is 0 Å². The number of ether oxygens (including phenoxy) is 2. The molecule has 0 N–H and O–H groups in total. The first-order chi connectivity index (χ1) is 8.37. The molecule has 1 spiro atoms. The van der Waals surface area contributed by atoms with Crippen molar-refractivity contribution in [2.24, 2.45) is 0 Å². The summed E-state index contributed by atoms with van der Waals surface area (Å²) in [6.45, 7) is 0. The number of benzene rings is 1. The Morgan fingerprint density at radius 1 is 1.28 bits per heavy atom. The SMILES string of the molecule is O=S(=O)(Cl)Cc1cc2c(cc1Br)OC1(CCC1)O2. The van der Waals surface area contributed by atoms with Gasteiger partial charge in [0.2, 0.25) is 9.05 Å². The van der Waals surface area contributed by atoms with Gasteiger partial charge < -0.3 is 9.47 Å². The van der Waals surface area contributed by atoms with E-state index in [9.17, 15) is 8.42 Å². The minimum Gasteiger partial charge on any atom is -0.448 e. The molecule has 98 valence electrons. The maximum absolute atomic E-state index is 11.1. The summed E-state index contributed by atoms with van der Waals surface area (Å²) in [5.74, 6) is 0.490. The normalized spacial score (nSPS) is 19.9. The van der Waals surface area contributed by atoms with E-state index in [4.69, 9.17) is 20.2 Å². The summed E-state index contributed by atoms with van der Waals surface area (Å²) < 4.78 is 34.4. The molecule has 0 bridgehead atoms. The van der Waals surface area contributed by atoms with Crippen LogP contribution in [0.1, 0.15) is 24.8 Å². The van der Waals surface area contributed by atoms with Crippen molar-refractivity contribution in [2.45, 2.75) is 30.8 Å². The Balaban J connectivity index is 1.95. The van der Waals surface area contributed by atoms with E-state index in [1.54, 1.807) is 12.1 Å². The first kappa shape index (κ1) is 12.6. The van der Waals surface area contributed by atoms with Crippen molar-refractivity contribution in [2.75, 3.05) is 0 Å². The van der Waals surface area contributed by atoms with Crippen molar-refractivity contribution in [3.63, 3.8) is 0 Å². The van der Waals surface area contributed by atoms with Crippen LogP contribution in [0, 0.1) is 0 Å². The van der Waals surface area contributed by atoms with E-state index < -0.39 is 14.8 Å². The molecule has 1 aliphatic heterocycles. The van der Waals surface area contributed by atoms with E-state index in [0.29, 0.717) is 21.5 Å². The molecule has 1 aromatic rings. The number of rotatable bonds is 2. The molecule has 1 saturated carbocycles. The van der Waals surface area contributed by atoms with Gasteiger partial charge in [-0.3, -0.25) is 0 Å². The van der Waals surface area contributed by atoms with Gasteiger partial charge >= 0.3 is 0 Å². The second kappa shape index (κ2) is 4.02. The summed E-state index contributed by atoms with van der Waals surface area (Å²) in [5.41, 5.74) is 0.573. The van der Waals surface area contributed by atoms with Crippen LogP contribution in [0.25, 0.3) is 0 Å². The third-order valence-electron chi connectivity index (χ3n) is 3.15. The van der Waals surface area contributed by atoms with Crippen LogP contribution >= 0.6 is 26.6 Å². The van der Waals surface area contributed by atoms with Crippen LogP contribution in [0.3, 0.4) is 0 Å². The fourth-order valence-electron chi connectivity index (χ4n) is 2.12. The third-order valence-corrected chi connectivity index (χ3v) is 4.87. The molecule has 1 fully saturated rings. The Bertz CT molecular complexity index is 610. The molecule has 0 atom stereocenters. The topological polar surface area (TPSA) is 52.6 Å². The molecule has 0 radical (unpaired) electrons. The van der Waals surface area contributed by atoms with Crippen LogP contribution in [0.2, 0.25) is 0 Å². The lowest BCUT2D eigenvalue weighted by atomic mass is 9.91. The van der Waals surface area contributed by atoms with E-state index in [-0.39, 0.29) is 5.75 Å². The lowest BCUT2D eigenvalue weighted by Crippen LogP contribution is -2.45. The van der Waals surface area contributed by atoms with E-state index in [1.165, 1.54) is 0 Å². The van der Waals surface area contributed by atoms with Crippen molar-refractivity contribution in [3.8, 4) is 11.5 Å². The highest BCUT2D eigenvalue weighted by molar-refractivity contribution is 9.10. The average molecular weight is 354 g/mol. The lowest BCUT2D eigenvalue weighted by Gasteiger charge is -2.35. The fraction of sp³-hybridized carbons (Fsp3) is 0.455. The van der Waals surface area contributed by atoms with Crippen LogP contribution in [0.5, 0.6) is 11.5 Å². The molecule has 1 aliphatic carbocycles. The second-order valence-electron chi connectivity index (χ2n) is 4.54. The molecule has 7 heteroatoms. The molecule has 4 nitrogen and oxygen atoms in total. The number of hydrogen-bond donors (Lipinski definition) is 0. The molecule has 0 saturated heterocycles. The summed E-state index contributed by atoms with van der Waals surface area (Å²) in [4.78, 5) is 0. The first-order valence-electron chi connectivity index (χ1n) is 5.50. The Morgan fingerprint density at radius 2 is 1.89 bits per heavy atom. The molecule has 0 aromatic heterocycles. The predicted molar refractivity (Wildman–Crippen MR) is 70.5 cm³/mol. The zero-order valence-electron chi connectivity index (χ0n) is 9.28. The monoisotopic (exact) mass is 352 g/mol. The van der Waals surface area contributed by atoms with Crippen LogP contribution in [0.15, 0.2) is 16.6 Å². The smallest absolute Gasteiger partial charge is 0.251 e. The van der Waals surface area contributed by atoms with Crippen molar-refractivity contribution in [1.82, 2.24) is 0 Å². The minimum atomic E-state index is -3.59. The van der Waals surface area contributed by atoms with Crippen LogP contribution in [-0.4, -0.2) is 14.2 Å². The summed E-state index contributed by atoms with van der Waals surface area (Å²) >= 11 is 3.32. The van der Waals surface area contributed by atoms with Gasteiger partial charge in [-0.15, -0.1) is 0 Å². The van der Waals surface area contributed by atoms with Crippen LogP contribution in [-0.2, 0) is 14.8 Å². The molecule has 0 unspecified atom stereocenters. The number of halogens is 2. The van der Waals surface area contributed by atoms with Gasteiger partial charge in [-0.2, -0.15) is 0 Å².